The fraction of sp³-hybridized carbons (Fsp3) is 0.421. The van der Waals surface area contributed by atoms with E-state index in [1.165, 1.54) is 5.56 Å². The van der Waals surface area contributed by atoms with Gasteiger partial charge in [-0.05, 0) is 51.1 Å². The molecule has 1 aliphatic heterocycles. The summed E-state index contributed by atoms with van der Waals surface area (Å²) < 4.78 is 0. The number of hydrogen-bond donors (Lipinski definition) is 1. The van der Waals surface area contributed by atoms with Gasteiger partial charge in [-0.3, -0.25) is 4.79 Å². The number of carbonyl (C=O) groups excluding carboxylic acids is 1. The Kier molecular flexibility index (Phi) is 4.99. The lowest BCUT2D eigenvalue weighted by atomic mass is 10.1. The molecule has 1 fully saturated rings. The number of piperazine rings is 1. The third kappa shape index (κ3) is 3.96. The number of likely N-dealkylation sites (N-methyl/N-ethyl adjacent to an activating group) is 1. The molecule has 6 heteroatoms. The van der Waals surface area contributed by atoms with E-state index in [2.05, 4.69) is 39.1 Å². The SMILES string of the molecule is Cc1ccc(NC(=O)c2cnc(N3CCN(C)CC3)nc2C)cc1C. The van der Waals surface area contributed by atoms with Gasteiger partial charge in [-0.15, -0.1) is 0 Å². The highest BCUT2D eigenvalue weighted by Crippen LogP contribution is 2.17. The van der Waals surface area contributed by atoms with E-state index in [-0.39, 0.29) is 5.91 Å². The Balaban J connectivity index is 1.73. The molecule has 1 saturated heterocycles. The van der Waals surface area contributed by atoms with Crippen LogP contribution in [0.2, 0.25) is 0 Å². The first-order valence-corrected chi connectivity index (χ1v) is 8.60. The van der Waals surface area contributed by atoms with Gasteiger partial charge in [0.2, 0.25) is 5.95 Å². The average molecular weight is 339 g/mol. The van der Waals surface area contributed by atoms with Crippen molar-refractivity contribution in [2.75, 3.05) is 43.4 Å². The zero-order chi connectivity index (χ0) is 18.0. The maximum atomic E-state index is 12.6. The lowest BCUT2D eigenvalue weighted by molar-refractivity contribution is 0.102. The Hall–Kier alpha value is -2.47. The van der Waals surface area contributed by atoms with E-state index >= 15 is 0 Å². The molecule has 0 atom stereocenters. The molecule has 1 amide bonds. The zero-order valence-electron chi connectivity index (χ0n) is 15.3. The Morgan fingerprint density at radius 1 is 1.08 bits per heavy atom. The lowest BCUT2D eigenvalue weighted by Crippen LogP contribution is -2.45. The topological polar surface area (TPSA) is 61.4 Å². The predicted molar refractivity (Wildman–Crippen MR) is 100 cm³/mol. The molecule has 0 bridgehead atoms. The minimum absolute atomic E-state index is 0.175. The highest BCUT2D eigenvalue weighted by atomic mass is 16.1. The molecule has 6 nitrogen and oxygen atoms in total. The van der Waals surface area contributed by atoms with Crippen molar-refractivity contribution in [1.82, 2.24) is 14.9 Å². The largest absolute Gasteiger partial charge is 0.338 e. The third-order valence-electron chi connectivity index (χ3n) is 4.76. The van der Waals surface area contributed by atoms with Gasteiger partial charge in [-0.1, -0.05) is 6.07 Å². The quantitative estimate of drug-likeness (QED) is 0.930. The van der Waals surface area contributed by atoms with Crippen LogP contribution in [0.4, 0.5) is 11.6 Å². The van der Waals surface area contributed by atoms with Crippen LogP contribution in [0, 0.1) is 20.8 Å². The Labute approximate surface area is 148 Å². The second kappa shape index (κ2) is 7.19. The molecule has 25 heavy (non-hydrogen) atoms. The van der Waals surface area contributed by atoms with E-state index in [0.29, 0.717) is 17.2 Å². The number of aromatic nitrogens is 2. The monoisotopic (exact) mass is 339 g/mol. The molecular formula is C19H25N5O. The molecule has 0 radical (unpaired) electrons. The first-order valence-electron chi connectivity index (χ1n) is 8.60. The van der Waals surface area contributed by atoms with Crippen molar-refractivity contribution in [2.24, 2.45) is 0 Å². The number of anilines is 2. The average Bonchev–Trinajstić information content (AvgIpc) is 2.58. The maximum absolute atomic E-state index is 12.6. The summed E-state index contributed by atoms with van der Waals surface area (Å²) in [6.45, 7) is 9.75. The lowest BCUT2D eigenvalue weighted by Gasteiger charge is -2.32. The van der Waals surface area contributed by atoms with E-state index in [1.54, 1.807) is 6.20 Å². The summed E-state index contributed by atoms with van der Waals surface area (Å²) in [7, 11) is 2.11. The van der Waals surface area contributed by atoms with Gasteiger partial charge in [0.05, 0.1) is 11.3 Å². The highest BCUT2D eigenvalue weighted by Gasteiger charge is 2.19. The van der Waals surface area contributed by atoms with Gasteiger partial charge in [0.25, 0.3) is 5.91 Å². The van der Waals surface area contributed by atoms with Crippen molar-refractivity contribution in [3.8, 4) is 0 Å². The highest BCUT2D eigenvalue weighted by molar-refractivity contribution is 6.04. The van der Waals surface area contributed by atoms with Crippen molar-refractivity contribution in [3.05, 3.63) is 46.8 Å². The van der Waals surface area contributed by atoms with Gasteiger partial charge in [0.1, 0.15) is 0 Å². The summed E-state index contributed by atoms with van der Waals surface area (Å²) in [6.07, 6.45) is 1.63. The maximum Gasteiger partial charge on any atom is 0.259 e. The van der Waals surface area contributed by atoms with E-state index in [0.717, 1.165) is 37.4 Å². The predicted octanol–water partition coefficient (Wildman–Crippen LogP) is 2.41. The molecule has 1 aliphatic rings. The van der Waals surface area contributed by atoms with Crippen LogP contribution in [0.3, 0.4) is 0 Å². The Morgan fingerprint density at radius 2 is 1.80 bits per heavy atom. The van der Waals surface area contributed by atoms with Crippen molar-refractivity contribution in [2.45, 2.75) is 20.8 Å². The van der Waals surface area contributed by atoms with Gasteiger partial charge in [0, 0.05) is 38.1 Å². The molecule has 3 rings (SSSR count). The minimum Gasteiger partial charge on any atom is -0.338 e. The number of nitrogens with one attached hydrogen (secondary N) is 1. The summed E-state index contributed by atoms with van der Waals surface area (Å²) in [6, 6.07) is 5.89. The number of rotatable bonds is 3. The van der Waals surface area contributed by atoms with Crippen LogP contribution < -0.4 is 10.2 Å². The Bertz CT molecular complexity index is 781. The number of amides is 1. The van der Waals surface area contributed by atoms with E-state index in [4.69, 9.17) is 0 Å². The van der Waals surface area contributed by atoms with Crippen LogP contribution in [0.5, 0.6) is 0 Å². The third-order valence-corrected chi connectivity index (χ3v) is 4.76. The zero-order valence-corrected chi connectivity index (χ0v) is 15.3. The summed E-state index contributed by atoms with van der Waals surface area (Å²) in [5, 5.41) is 2.93. The van der Waals surface area contributed by atoms with Gasteiger partial charge < -0.3 is 15.1 Å². The van der Waals surface area contributed by atoms with Crippen molar-refractivity contribution >= 4 is 17.5 Å². The molecule has 2 heterocycles. The number of aryl methyl sites for hydroxylation is 3. The molecule has 0 saturated carbocycles. The number of hydrogen-bond acceptors (Lipinski definition) is 5. The fourth-order valence-electron chi connectivity index (χ4n) is 2.85. The second-order valence-corrected chi connectivity index (χ2v) is 6.71. The second-order valence-electron chi connectivity index (χ2n) is 6.71. The normalized spacial score (nSPS) is 15.3. The van der Waals surface area contributed by atoms with Gasteiger partial charge >= 0.3 is 0 Å². The molecule has 2 aromatic rings. The van der Waals surface area contributed by atoms with Crippen molar-refractivity contribution in [1.29, 1.82) is 0 Å². The Morgan fingerprint density at radius 3 is 2.44 bits per heavy atom. The van der Waals surface area contributed by atoms with Crippen molar-refractivity contribution < 1.29 is 4.79 Å². The summed E-state index contributed by atoms with van der Waals surface area (Å²) >= 11 is 0. The van der Waals surface area contributed by atoms with Crippen LogP contribution in [0.15, 0.2) is 24.4 Å². The van der Waals surface area contributed by atoms with Crippen LogP contribution in [-0.2, 0) is 0 Å². The molecule has 0 unspecified atom stereocenters. The van der Waals surface area contributed by atoms with E-state index in [9.17, 15) is 4.79 Å². The molecule has 1 N–H and O–H groups in total. The van der Waals surface area contributed by atoms with Crippen molar-refractivity contribution in [3.63, 3.8) is 0 Å². The molecule has 132 valence electrons. The summed E-state index contributed by atoms with van der Waals surface area (Å²) in [5.41, 5.74) is 4.35. The number of nitrogens with zero attached hydrogens (tertiary/aromatic N) is 4. The fourth-order valence-corrected chi connectivity index (χ4v) is 2.85. The van der Waals surface area contributed by atoms with Gasteiger partial charge in [0.15, 0.2) is 0 Å². The molecule has 0 spiro atoms. The van der Waals surface area contributed by atoms with E-state index < -0.39 is 0 Å². The van der Waals surface area contributed by atoms with Crippen LogP contribution in [0.1, 0.15) is 27.2 Å². The number of benzene rings is 1. The van der Waals surface area contributed by atoms with E-state index in [1.807, 2.05) is 32.0 Å². The minimum atomic E-state index is -0.175. The van der Waals surface area contributed by atoms with Crippen LogP contribution in [-0.4, -0.2) is 54.0 Å². The summed E-state index contributed by atoms with van der Waals surface area (Å²) in [5.74, 6) is 0.527. The summed E-state index contributed by atoms with van der Waals surface area (Å²) in [4.78, 5) is 26.0. The van der Waals surface area contributed by atoms with Crippen LogP contribution >= 0.6 is 0 Å². The smallest absolute Gasteiger partial charge is 0.259 e. The van der Waals surface area contributed by atoms with Crippen LogP contribution in [0.25, 0.3) is 0 Å². The first kappa shape index (κ1) is 17.4. The van der Waals surface area contributed by atoms with Gasteiger partial charge in [-0.25, -0.2) is 9.97 Å². The first-order chi connectivity index (χ1) is 11.9. The molecule has 1 aromatic heterocycles. The molecule has 0 aliphatic carbocycles. The number of carbonyl (C=O) groups is 1. The molecule has 1 aromatic carbocycles. The van der Waals surface area contributed by atoms with Gasteiger partial charge in [-0.2, -0.15) is 0 Å². The standard InChI is InChI=1S/C19H25N5O/c1-13-5-6-16(11-14(13)2)22-18(25)17-12-20-19(21-15(17)3)24-9-7-23(4)8-10-24/h5-6,11-12H,7-10H2,1-4H3,(H,22,25). The molecular weight excluding hydrogens is 314 g/mol.